The zero-order valence-electron chi connectivity index (χ0n) is 19.3. The summed E-state index contributed by atoms with van der Waals surface area (Å²) in [5, 5.41) is 5.16. The topological polar surface area (TPSA) is 66.7 Å². The molecule has 2 aliphatic heterocycles. The summed E-state index contributed by atoms with van der Waals surface area (Å²) in [6.45, 7) is 7.67. The van der Waals surface area contributed by atoms with Crippen LogP contribution >= 0.6 is 0 Å². The molecule has 0 N–H and O–H groups in total. The van der Waals surface area contributed by atoms with Crippen LogP contribution in [0, 0.1) is 41.3 Å². The minimum Gasteiger partial charge on any atom is -0.356 e. The first-order valence-corrected chi connectivity index (χ1v) is 12.8. The molecule has 4 unspecified atom stereocenters. The lowest BCUT2D eigenvalue weighted by Crippen LogP contribution is -2.37. The van der Waals surface area contributed by atoms with Crippen LogP contribution in [0.2, 0.25) is 0 Å². The molecule has 0 spiro atoms. The van der Waals surface area contributed by atoms with Gasteiger partial charge in [-0.1, -0.05) is 17.3 Å². The Morgan fingerprint density at radius 1 is 1.00 bits per heavy atom. The number of benzene rings is 1. The Hall–Kier alpha value is -2.54. The molecule has 2 saturated heterocycles. The van der Waals surface area contributed by atoms with Crippen LogP contribution in [-0.2, 0) is 9.59 Å². The van der Waals surface area contributed by atoms with Gasteiger partial charge in [-0.25, -0.2) is 4.39 Å². The molecule has 1 aromatic heterocycles. The van der Waals surface area contributed by atoms with Gasteiger partial charge in [0.25, 0.3) is 0 Å². The predicted octanol–water partition coefficient (Wildman–Crippen LogP) is 3.98. The average molecular weight is 464 g/mol. The number of nitrogens with zero attached hydrogens (tertiary/aromatic N) is 3. The highest BCUT2D eigenvalue weighted by molar-refractivity contribution is 6.06. The summed E-state index contributed by atoms with van der Waals surface area (Å²) in [4.78, 5) is 30.2. The van der Waals surface area contributed by atoms with Crippen LogP contribution in [0.25, 0.3) is 11.0 Å². The Balaban J connectivity index is 0.954. The zero-order valence-corrected chi connectivity index (χ0v) is 19.3. The van der Waals surface area contributed by atoms with E-state index in [9.17, 15) is 14.0 Å². The molecule has 3 saturated carbocycles. The van der Waals surface area contributed by atoms with Gasteiger partial charge in [-0.05, 0) is 69.2 Å². The molecule has 3 heterocycles. The van der Waals surface area contributed by atoms with Crippen LogP contribution in [-0.4, -0.2) is 52.9 Å². The van der Waals surface area contributed by atoms with Crippen LogP contribution in [0.5, 0.6) is 0 Å². The fourth-order valence-electron chi connectivity index (χ4n) is 7.67. The number of imide groups is 1. The molecule has 7 heteroatoms. The SMILES string of the molecule is C=C1[C@H](CN2CCC(c3noc4cc(F)ccc34)CC2)[C@H]1CN1C(=O)C2C3CCC(C3)C2C1=O. The van der Waals surface area contributed by atoms with Gasteiger partial charge in [-0.15, -0.1) is 0 Å². The minimum absolute atomic E-state index is 0.0279. The Morgan fingerprint density at radius 3 is 2.38 bits per heavy atom. The Kier molecular flexibility index (Phi) is 4.57. The van der Waals surface area contributed by atoms with Gasteiger partial charge in [0.1, 0.15) is 5.82 Å². The van der Waals surface area contributed by atoms with Gasteiger partial charge in [0.05, 0.1) is 17.5 Å². The van der Waals surface area contributed by atoms with Crippen molar-refractivity contribution >= 4 is 22.8 Å². The molecule has 3 aliphatic carbocycles. The van der Waals surface area contributed by atoms with Crippen molar-refractivity contribution in [3.8, 4) is 0 Å². The van der Waals surface area contributed by atoms with Crippen LogP contribution in [0.4, 0.5) is 4.39 Å². The highest BCUT2D eigenvalue weighted by Gasteiger charge is 2.61. The molecular weight excluding hydrogens is 433 g/mol. The molecule has 2 aromatic rings. The van der Waals surface area contributed by atoms with Crippen LogP contribution < -0.4 is 0 Å². The Morgan fingerprint density at radius 2 is 1.68 bits per heavy atom. The molecule has 5 aliphatic rings. The molecule has 1 aromatic carbocycles. The number of hydrogen-bond acceptors (Lipinski definition) is 5. The number of likely N-dealkylation sites (tertiary alicyclic amines) is 2. The zero-order chi connectivity index (χ0) is 23.1. The summed E-state index contributed by atoms with van der Waals surface area (Å²) in [5.74, 6) is 1.64. The molecule has 7 rings (SSSR count). The second-order valence-electron chi connectivity index (χ2n) is 11.2. The first-order chi connectivity index (χ1) is 16.5. The number of carbonyl (C=O) groups is 2. The van der Waals surface area contributed by atoms with Gasteiger partial charge in [0.2, 0.25) is 11.8 Å². The molecule has 6 atom stereocenters. The van der Waals surface area contributed by atoms with E-state index in [1.54, 1.807) is 11.0 Å². The quantitative estimate of drug-likeness (QED) is 0.496. The number of aromatic nitrogens is 1. The maximum Gasteiger partial charge on any atom is 0.233 e. The largest absolute Gasteiger partial charge is 0.356 e. The van der Waals surface area contributed by atoms with Crippen molar-refractivity contribution in [1.82, 2.24) is 15.0 Å². The monoisotopic (exact) mass is 463 g/mol. The summed E-state index contributed by atoms with van der Waals surface area (Å²) in [6, 6.07) is 4.63. The van der Waals surface area contributed by atoms with E-state index in [2.05, 4.69) is 16.6 Å². The van der Waals surface area contributed by atoms with Crippen molar-refractivity contribution in [3.05, 3.63) is 41.9 Å². The third kappa shape index (κ3) is 3.05. The smallest absolute Gasteiger partial charge is 0.233 e. The number of rotatable bonds is 5. The third-order valence-electron chi connectivity index (χ3n) is 9.62. The normalized spacial score (nSPS) is 35.7. The lowest BCUT2D eigenvalue weighted by molar-refractivity contribution is -0.141. The summed E-state index contributed by atoms with van der Waals surface area (Å²) in [6.07, 6.45) is 5.29. The summed E-state index contributed by atoms with van der Waals surface area (Å²) in [7, 11) is 0. The maximum atomic E-state index is 13.5. The maximum absolute atomic E-state index is 13.5. The summed E-state index contributed by atoms with van der Waals surface area (Å²) < 4.78 is 18.8. The van der Waals surface area contributed by atoms with Crippen molar-refractivity contribution in [2.24, 2.45) is 35.5 Å². The first-order valence-electron chi connectivity index (χ1n) is 12.8. The van der Waals surface area contributed by atoms with Crippen LogP contribution in [0.15, 0.2) is 34.9 Å². The number of halogens is 1. The van der Waals surface area contributed by atoms with Gasteiger partial charge in [0.15, 0.2) is 5.58 Å². The van der Waals surface area contributed by atoms with E-state index < -0.39 is 0 Å². The lowest BCUT2D eigenvalue weighted by atomic mass is 9.81. The number of carbonyl (C=O) groups excluding carboxylic acids is 2. The van der Waals surface area contributed by atoms with Gasteiger partial charge < -0.3 is 9.42 Å². The van der Waals surface area contributed by atoms with E-state index in [0.29, 0.717) is 35.8 Å². The predicted molar refractivity (Wildman–Crippen MR) is 123 cm³/mol. The third-order valence-corrected chi connectivity index (χ3v) is 9.62. The van der Waals surface area contributed by atoms with Gasteiger partial charge in [-0.3, -0.25) is 14.5 Å². The van der Waals surface area contributed by atoms with Gasteiger partial charge in [-0.2, -0.15) is 0 Å². The summed E-state index contributed by atoms with van der Waals surface area (Å²) in [5.41, 5.74) is 2.64. The fraction of sp³-hybridized carbons (Fsp3) is 0.593. The minimum atomic E-state index is -0.308. The van der Waals surface area contributed by atoms with Crippen molar-refractivity contribution in [3.63, 3.8) is 0 Å². The van der Waals surface area contributed by atoms with Gasteiger partial charge >= 0.3 is 0 Å². The van der Waals surface area contributed by atoms with E-state index >= 15 is 0 Å². The molecule has 0 radical (unpaired) electrons. The average Bonchev–Trinajstić information content (AvgIpc) is 3.36. The van der Waals surface area contributed by atoms with Crippen molar-refractivity contribution in [2.45, 2.75) is 38.0 Å². The molecular formula is C27H30FN3O3. The van der Waals surface area contributed by atoms with E-state index in [0.717, 1.165) is 62.8 Å². The highest BCUT2D eigenvalue weighted by Crippen LogP contribution is 2.57. The molecule has 6 nitrogen and oxygen atoms in total. The van der Waals surface area contributed by atoms with Crippen molar-refractivity contribution < 1.29 is 18.5 Å². The van der Waals surface area contributed by atoms with Gasteiger partial charge in [0, 0.05) is 42.3 Å². The van der Waals surface area contributed by atoms with E-state index in [4.69, 9.17) is 4.52 Å². The number of fused-ring (bicyclic) bond motifs is 6. The number of piperidine rings is 1. The molecule has 178 valence electrons. The molecule has 34 heavy (non-hydrogen) atoms. The van der Waals surface area contributed by atoms with Crippen LogP contribution in [0.1, 0.15) is 43.7 Å². The van der Waals surface area contributed by atoms with E-state index in [-0.39, 0.29) is 35.4 Å². The molecule has 2 amide bonds. The standard InChI is InChI=1S/C27H30FN3O3/c1-14-20(21(14)13-31-26(32)23-16-2-3-17(10-16)24(23)27(31)33)12-30-8-6-15(7-9-30)25-19-5-4-18(28)11-22(19)34-29-25/h4-5,11,15-17,20-21,23-24H,1-3,6-10,12-13H2/t16?,17?,20-,21-,23?,24?/m0/s1. The van der Waals surface area contributed by atoms with Crippen molar-refractivity contribution in [2.75, 3.05) is 26.2 Å². The van der Waals surface area contributed by atoms with Crippen molar-refractivity contribution in [1.29, 1.82) is 0 Å². The Labute approximate surface area is 198 Å². The Bertz CT molecular complexity index is 1170. The van der Waals surface area contributed by atoms with Crippen LogP contribution in [0.3, 0.4) is 0 Å². The number of hydrogen-bond donors (Lipinski definition) is 0. The van der Waals surface area contributed by atoms with E-state index in [1.807, 2.05) is 0 Å². The fourth-order valence-corrected chi connectivity index (χ4v) is 7.67. The second-order valence-corrected chi connectivity index (χ2v) is 11.2. The highest BCUT2D eigenvalue weighted by atomic mass is 19.1. The molecule has 5 fully saturated rings. The first kappa shape index (κ1) is 20.8. The van der Waals surface area contributed by atoms with E-state index in [1.165, 1.54) is 17.7 Å². The lowest BCUT2D eigenvalue weighted by Gasteiger charge is -2.31. The molecule has 2 bridgehead atoms. The summed E-state index contributed by atoms with van der Waals surface area (Å²) >= 11 is 0. The second kappa shape index (κ2) is 7.48. The number of amides is 2.